The first kappa shape index (κ1) is 18.7. The molecule has 0 N–H and O–H groups in total. The number of carbonyl (C=O) groups is 1. The highest BCUT2D eigenvalue weighted by molar-refractivity contribution is 5.92. The summed E-state index contributed by atoms with van der Waals surface area (Å²) in [6.45, 7) is 2.54. The maximum Gasteiger partial charge on any atom is 0.274 e. The lowest BCUT2D eigenvalue weighted by Crippen LogP contribution is -2.49. The van der Waals surface area contributed by atoms with Gasteiger partial charge in [-0.3, -0.25) is 9.59 Å². The molecular weight excluding hydrogens is 368 g/mol. The third kappa shape index (κ3) is 3.85. The van der Waals surface area contributed by atoms with Gasteiger partial charge in [0.2, 0.25) is 0 Å². The number of anilines is 1. The third-order valence-corrected chi connectivity index (χ3v) is 5.01. The Kier molecular flexibility index (Phi) is 5.29. The van der Waals surface area contributed by atoms with Crippen LogP contribution < -0.4 is 15.2 Å². The van der Waals surface area contributed by atoms with E-state index in [1.165, 1.54) is 16.8 Å². The predicted octanol–water partition coefficient (Wildman–Crippen LogP) is 2.20. The Morgan fingerprint density at radius 3 is 2.31 bits per heavy atom. The van der Waals surface area contributed by atoms with E-state index in [2.05, 4.69) is 10.00 Å². The predicted molar refractivity (Wildman–Crippen MR) is 111 cm³/mol. The quantitative estimate of drug-likeness (QED) is 0.683. The zero-order chi connectivity index (χ0) is 20.2. The average Bonchev–Trinajstić information content (AvgIpc) is 2.79. The summed E-state index contributed by atoms with van der Waals surface area (Å²) in [6, 6.07) is 19.9. The van der Waals surface area contributed by atoms with Gasteiger partial charge in [0.05, 0.1) is 18.5 Å². The molecule has 148 valence electrons. The molecule has 7 nitrogen and oxygen atoms in total. The molecule has 29 heavy (non-hydrogen) atoms. The number of methoxy groups -OCH3 is 1. The van der Waals surface area contributed by atoms with Crippen molar-refractivity contribution in [2.45, 2.75) is 0 Å². The second kappa shape index (κ2) is 8.18. The molecule has 0 bridgehead atoms. The van der Waals surface area contributed by atoms with Crippen LogP contribution in [0.3, 0.4) is 0 Å². The number of hydrogen-bond acceptors (Lipinski definition) is 5. The number of benzene rings is 2. The molecule has 0 unspecified atom stereocenters. The van der Waals surface area contributed by atoms with Crippen molar-refractivity contribution in [1.82, 2.24) is 14.7 Å². The van der Waals surface area contributed by atoms with Crippen molar-refractivity contribution in [1.29, 1.82) is 0 Å². The fraction of sp³-hybridized carbons (Fsp3) is 0.227. The molecule has 0 atom stereocenters. The minimum atomic E-state index is -0.270. The Morgan fingerprint density at radius 1 is 0.897 bits per heavy atom. The zero-order valence-corrected chi connectivity index (χ0v) is 16.2. The van der Waals surface area contributed by atoms with E-state index in [0.717, 1.165) is 11.4 Å². The molecule has 1 aromatic heterocycles. The Bertz CT molecular complexity index is 1060. The molecule has 4 rings (SSSR count). The highest BCUT2D eigenvalue weighted by Crippen LogP contribution is 2.28. The number of carbonyl (C=O) groups excluding carboxylic acids is 1. The van der Waals surface area contributed by atoms with E-state index in [0.29, 0.717) is 31.9 Å². The van der Waals surface area contributed by atoms with Crippen molar-refractivity contribution < 1.29 is 9.53 Å². The Labute approximate surface area is 168 Å². The summed E-state index contributed by atoms with van der Waals surface area (Å²) in [5, 5.41) is 4.30. The smallest absolute Gasteiger partial charge is 0.274 e. The highest BCUT2D eigenvalue weighted by atomic mass is 16.5. The van der Waals surface area contributed by atoms with Crippen molar-refractivity contribution in [3.63, 3.8) is 0 Å². The number of nitrogens with zero attached hydrogens (tertiary/aromatic N) is 4. The first-order valence-electron chi connectivity index (χ1n) is 9.50. The second-order valence-corrected chi connectivity index (χ2v) is 6.76. The standard InChI is InChI=1S/C22H22N4O3/c1-29-20-10-6-5-9-19(20)24-13-15-25(16-14-24)22(28)18-11-12-21(27)26(23-18)17-7-3-2-4-8-17/h2-12H,13-16H2,1H3. The van der Waals surface area contributed by atoms with Crippen LogP contribution in [0.5, 0.6) is 5.75 Å². The molecule has 0 saturated carbocycles. The van der Waals surface area contributed by atoms with Crippen LogP contribution in [0.25, 0.3) is 5.69 Å². The van der Waals surface area contributed by atoms with E-state index in [4.69, 9.17) is 4.74 Å². The van der Waals surface area contributed by atoms with Gasteiger partial charge in [0.25, 0.3) is 11.5 Å². The van der Waals surface area contributed by atoms with Crippen LogP contribution >= 0.6 is 0 Å². The number of hydrogen-bond donors (Lipinski definition) is 0. The summed E-state index contributed by atoms with van der Waals surface area (Å²) < 4.78 is 6.71. The largest absolute Gasteiger partial charge is 0.495 e. The molecule has 1 aliphatic heterocycles. The SMILES string of the molecule is COc1ccccc1N1CCN(C(=O)c2ccc(=O)n(-c3ccccc3)n2)CC1. The molecule has 2 aromatic carbocycles. The lowest BCUT2D eigenvalue weighted by atomic mass is 10.2. The van der Waals surface area contributed by atoms with Crippen LogP contribution in [0.2, 0.25) is 0 Å². The summed E-state index contributed by atoms with van der Waals surface area (Å²) in [5.41, 5.74) is 1.65. The number of aromatic nitrogens is 2. The summed E-state index contributed by atoms with van der Waals surface area (Å²) in [5.74, 6) is 0.651. The molecule has 1 saturated heterocycles. The number of para-hydroxylation sites is 3. The van der Waals surface area contributed by atoms with Crippen LogP contribution in [-0.4, -0.2) is 53.9 Å². The third-order valence-electron chi connectivity index (χ3n) is 5.01. The lowest BCUT2D eigenvalue weighted by Gasteiger charge is -2.36. The van der Waals surface area contributed by atoms with Crippen LogP contribution in [0, 0.1) is 0 Å². The molecule has 1 aliphatic rings. The van der Waals surface area contributed by atoms with Crippen molar-refractivity contribution in [3.05, 3.63) is 82.8 Å². The highest BCUT2D eigenvalue weighted by Gasteiger charge is 2.25. The lowest BCUT2D eigenvalue weighted by molar-refractivity contribution is 0.0738. The van der Waals surface area contributed by atoms with E-state index in [-0.39, 0.29) is 17.2 Å². The maximum absolute atomic E-state index is 13.0. The van der Waals surface area contributed by atoms with Crippen LogP contribution in [0.15, 0.2) is 71.5 Å². The Morgan fingerprint density at radius 2 is 1.59 bits per heavy atom. The second-order valence-electron chi connectivity index (χ2n) is 6.76. The van der Waals surface area contributed by atoms with E-state index >= 15 is 0 Å². The van der Waals surface area contributed by atoms with Crippen LogP contribution in [0.1, 0.15) is 10.5 Å². The van der Waals surface area contributed by atoms with Crippen molar-refractivity contribution in [2.24, 2.45) is 0 Å². The Balaban J connectivity index is 1.50. The summed E-state index contributed by atoms with van der Waals surface area (Å²) >= 11 is 0. The first-order valence-corrected chi connectivity index (χ1v) is 9.50. The number of amides is 1. The molecule has 1 amide bonds. The number of piperazine rings is 1. The fourth-order valence-electron chi connectivity index (χ4n) is 3.48. The summed E-state index contributed by atoms with van der Waals surface area (Å²) in [7, 11) is 1.66. The number of rotatable bonds is 4. The first-order chi connectivity index (χ1) is 14.2. The van der Waals surface area contributed by atoms with E-state index in [9.17, 15) is 9.59 Å². The van der Waals surface area contributed by atoms with Gasteiger partial charge in [-0.15, -0.1) is 0 Å². The topological polar surface area (TPSA) is 67.7 Å². The molecular formula is C22H22N4O3. The van der Waals surface area contributed by atoms with E-state index < -0.39 is 0 Å². The maximum atomic E-state index is 13.0. The zero-order valence-electron chi connectivity index (χ0n) is 16.2. The van der Waals surface area contributed by atoms with Gasteiger partial charge in [-0.25, -0.2) is 0 Å². The number of ether oxygens (including phenoxy) is 1. The van der Waals surface area contributed by atoms with Gasteiger partial charge in [-0.1, -0.05) is 30.3 Å². The molecule has 0 spiro atoms. The minimum absolute atomic E-state index is 0.172. The van der Waals surface area contributed by atoms with Gasteiger partial charge >= 0.3 is 0 Å². The monoisotopic (exact) mass is 390 g/mol. The fourth-order valence-corrected chi connectivity index (χ4v) is 3.48. The van der Waals surface area contributed by atoms with Gasteiger partial charge < -0.3 is 14.5 Å². The van der Waals surface area contributed by atoms with Gasteiger partial charge in [0, 0.05) is 32.2 Å². The molecule has 1 fully saturated rings. The van der Waals surface area contributed by atoms with Gasteiger partial charge in [0.1, 0.15) is 11.4 Å². The van der Waals surface area contributed by atoms with Gasteiger partial charge in [-0.05, 0) is 30.3 Å². The van der Waals surface area contributed by atoms with E-state index in [1.54, 1.807) is 24.1 Å². The molecule has 0 radical (unpaired) electrons. The molecule has 2 heterocycles. The van der Waals surface area contributed by atoms with Crippen LogP contribution in [0.4, 0.5) is 5.69 Å². The summed E-state index contributed by atoms with van der Waals surface area (Å²) in [6.07, 6.45) is 0. The van der Waals surface area contributed by atoms with Crippen molar-refractivity contribution >= 4 is 11.6 Å². The molecule has 3 aromatic rings. The normalized spacial score (nSPS) is 14.0. The van der Waals surface area contributed by atoms with Gasteiger partial charge in [0.15, 0.2) is 0 Å². The van der Waals surface area contributed by atoms with Gasteiger partial charge in [-0.2, -0.15) is 9.78 Å². The van der Waals surface area contributed by atoms with Crippen LogP contribution in [-0.2, 0) is 0 Å². The van der Waals surface area contributed by atoms with Crippen molar-refractivity contribution in [2.75, 3.05) is 38.2 Å². The average molecular weight is 390 g/mol. The molecule has 0 aliphatic carbocycles. The Hall–Kier alpha value is -3.61. The van der Waals surface area contributed by atoms with Crippen molar-refractivity contribution in [3.8, 4) is 11.4 Å². The van der Waals surface area contributed by atoms with E-state index in [1.807, 2.05) is 42.5 Å². The minimum Gasteiger partial charge on any atom is -0.495 e. The molecule has 7 heteroatoms. The summed E-state index contributed by atoms with van der Waals surface area (Å²) in [4.78, 5) is 29.1.